The summed E-state index contributed by atoms with van der Waals surface area (Å²) in [6.07, 6.45) is 0. The first-order valence-corrected chi connectivity index (χ1v) is 24.2. The molecule has 0 bridgehead atoms. The first-order valence-electron chi connectivity index (χ1n) is 24.2. The van der Waals surface area contributed by atoms with E-state index in [-0.39, 0.29) is 0 Å². The average molecular weight is 892 g/mol. The molecule has 1 aliphatic carbocycles. The van der Waals surface area contributed by atoms with Crippen molar-refractivity contribution in [3.63, 3.8) is 0 Å². The number of para-hydroxylation sites is 2. The molecule has 1 heterocycles. The maximum Gasteiger partial charge on any atom is 0.122 e. The zero-order valence-electron chi connectivity index (χ0n) is 38.3. The van der Waals surface area contributed by atoms with Crippen LogP contribution < -0.4 is 9.80 Å². The van der Waals surface area contributed by atoms with Gasteiger partial charge in [0.2, 0.25) is 0 Å². The summed E-state index contributed by atoms with van der Waals surface area (Å²) in [5, 5.41) is 9.70. The summed E-state index contributed by atoms with van der Waals surface area (Å²) in [5.41, 5.74) is 14.2. The number of fused-ring (bicyclic) bond motifs is 9. The summed E-state index contributed by atoms with van der Waals surface area (Å²) >= 11 is 0. The molecule has 0 amide bonds. The lowest BCUT2D eigenvalue weighted by Crippen LogP contribution is -2.44. The smallest absolute Gasteiger partial charge is 0.122 e. The minimum atomic E-state index is -0.783. The van der Waals surface area contributed by atoms with Crippen molar-refractivity contribution in [3.8, 4) is 16.8 Å². The number of aromatic nitrogens is 1. The second-order valence-corrected chi connectivity index (χ2v) is 18.5. The topological polar surface area (TPSA) is 11.4 Å². The van der Waals surface area contributed by atoms with Gasteiger partial charge in [0.15, 0.2) is 0 Å². The molecule has 13 aromatic rings. The Balaban J connectivity index is 1.06. The standard InChI is InChI=1S/C67H45N3/c1-3-23-52(24-4-1)67(70(53-25-5-2-6-26-53)58-36-33-48-19-9-12-22-51(48)43-58)63-29-15-13-27-59(63)60-39-37-56(44-64(60)67)68(54-34-31-46-17-7-10-20-49(46)41-54)57-38-40-62-61-28-14-16-30-65(61)69(66(62)45-57)55-35-32-47-18-8-11-21-50(47)42-55/h1-45H. The molecule has 12 aromatic carbocycles. The van der Waals surface area contributed by atoms with Crippen molar-refractivity contribution >= 4 is 82.6 Å². The average Bonchev–Trinajstić information content (AvgIpc) is 3.92. The van der Waals surface area contributed by atoms with E-state index < -0.39 is 5.54 Å². The first-order chi connectivity index (χ1) is 34.7. The fourth-order valence-corrected chi connectivity index (χ4v) is 11.6. The van der Waals surface area contributed by atoms with Crippen molar-refractivity contribution in [2.75, 3.05) is 9.80 Å². The number of rotatable bonds is 8. The summed E-state index contributed by atoms with van der Waals surface area (Å²) < 4.78 is 2.44. The van der Waals surface area contributed by atoms with Crippen LogP contribution in [0.2, 0.25) is 0 Å². The minimum Gasteiger partial charge on any atom is -0.323 e. The summed E-state index contributed by atoms with van der Waals surface area (Å²) in [4.78, 5) is 5.06. The number of nitrogens with zero attached hydrogens (tertiary/aromatic N) is 3. The van der Waals surface area contributed by atoms with Crippen LogP contribution in [0, 0.1) is 0 Å². The molecule has 0 saturated heterocycles. The zero-order chi connectivity index (χ0) is 46.2. The summed E-state index contributed by atoms with van der Waals surface area (Å²) in [7, 11) is 0. The number of benzene rings is 12. The maximum atomic E-state index is 2.59. The molecule has 70 heavy (non-hydrogen) atoms. The first kappa shape index (κ1) is 39.9. The van der Waals surface area contributed by atoms with E-state index in [2.05, 4.69) is 287 Å². The van der Waals surface area contributed by atoms with Crippen LogP contribution in [0.5, 0.6) is 0 Å². The van der Waals surface area contributed by atoms with Crippen LogP contribution in [0.4, 0.5) is 28.4 Å². The Hall–Kier alpha value is -9.18. The summed E-state index contributed by atoms with van der Waals surface area (Å²) in [5.74, 6) is 0. The lowest BCUT2D eigenvalue weighted by atomic mass is 9.78. The Kier molecular flexibility index (Phi) is 9.11. The van der Waals surface area contributed by atoms with Crippen LogP contribution in [-0.4, -0.2) is 4.57 Å². The number of hydrogen-bond donors (Lipinski definition) is 0. The highest BCUT2D eigenvalue weighted by molar-refractivity contribution is 6.11. The van der Waals surface area contributed by atoms with Crippen molar-refractivity contribution < 1.29 is 0 Å². The normalized spacial score (nSPS) is 14.1. The Bertz CT molecular complexity index is 4150. The predicted molar refractivity (Wildman–Crippen MR) is 295 cm³/mol. The second kappa shape index (κ2) is 16.0. The monoisotopic (exact) mass is 891 g/mol. The van der Waals surface area contributed by atoms with Gasteiger partial charge in [-0.3, -0.25) is 0 Å². The fourth-order valence-electron chi connectivity index (χ4n) is 11.6. The molecule has 0 radical (unpaired) electrons. The van der Waals surface area contributed by atoms with Crippen molar-refractivity contribution in [1.29, 1.82) is 0 Å². The van der Waals surface area contributed by atoms with Gasteiger partial charge >= 0.3 is 0 Å². The zero-order valence-corrected chi connectivity index (χ0v) is 38.3. The minimum absolute atomic E-state index is 0.783. The Morgan fingerprint density at radius 1 is 0.286 bits per heavy atom. The predicted octanol–water partition coefficient (Wildman–Crippen LogP) is 17.8. The summed E-state index contributed by atoms with van der Waals surface area (Å²) in [6, 6.07) is 101. The van der Waals surface area contributed by atoms with Crippen molar-refractivity contribution in [2.24, 2.45) is 0 Å². The molecule has 14 rings (SSSR count). The van der Waals surface area contributed by atoms with Gasteiger partial charge in [0.1, 0.15) is 5.54 Å². The lowest BCUT2D eigenvalue weighted by molar-refractivity contribution is 0.644. The molecule has 1 aromatic heterocycles. The molecule has 328 valence electrons. The van der Waals surface area contributed by atoms with Crippen LogP contribution in [-0.2, 0) is 5.54 Å². The van der Waals surface area contributed by atoms with E-state index in [0.717, 1.165) is 39.6 Å². The fraction of sp³-hybridized carbons (Fsp3) is 0.0149. The van der Waals surface area contributed by atoms with Crippen LogP contribution in [0.25, 0.3) is 70.9 Å². The van der Waals surface area contributed by atoms with Crippen LogP contribution in [0.3, 0.4) is 0 Å². The van der Waals surface area contributed by atoms with Gasteiger partial charge in [-0.15, -0.1) is 0 Å². The SMILES string of the molecule is c1ccc(N(c2ccc3ccccc3c2)C2(c3ccccc3)c3ccccc3-c3ccc(N(c4ccc5ccccc5c4)c4ccc5c6ccccc6n(-c6ccc7ccccc7c6)c5c4)cc32)cc1. The third-order valence-electron chi connectivity index (χ3n) is 14.7. The van der Waals surface area contributed by atoms with E-state index in [4.69, 9.17) is 0 Å². The molecule has 0 N–H and O–H groups in total. The molecule has 0 saturated carbocycles. The van der Waals surface area contributed by atoms with Crippen molar-refractivity contribution in [1.82, 2.24) is 4.57 Å². The van der Waals surface area contributed by atoms with Gasteiger partial charge in [-0.25, -0.2) is 0 Å². The van der Waals surface area contributed by atoms with Gasteiger partial charge in [-0.05, 0) is 139 Å². The maximum absolute atomic E-state index is 2.59. The van der Waals surface area contributed by atoms with Crippen LogP contribution in [0.15, 0.2) is 273 Å². The second-order valence-electron chi connectivity index (χ2n) is 18.5. The highest BCUT2D eigenvalue weighted by Crippen LogP contribution is 2.59. The highest BCUT2D eigenvalue weighted by Gasteiger charge is 2.50. The molecular formula is C67H45N3. The van der Waals surface area contributed by atoms with E-state index in [9.17, 15) is 0 Å². The quantitative estimate of drug-likeness (QED) is 0.151. The Morgan fingerprint density at radius 2 is 0.786 bits per heavy atom. The largest absolute Gasteiger partial charge is 0.323 e. The van der Waals surface area contributed by atoms with Crippen molar-refractivity contribution in [2.45, 2.75) is 5.54 Å². The van der Waals surface area contributed by atoms with E-state index >= 15 is 0 Å². The van der Waals surface area contributed by atoms with Gasteiger partial charge in [0.05, 0.1) is 11.0 Å². The van der Waals surface area contributed by atoms with Gasteiger partial charge in [0.25, 0.3) is 0 Å². The van der Waals surface area contributed by atoms with E-state index in [0.29, 0.717) is 0 Å². The number of hydrogen-bond acceptors (Lipinski definition) is 2. The Morgan fingerprint density at radius 3 is 1.53 bits per heavy atom. The third kappa shape index (κ3) is 6.15. The van der Waals surface area contributed by atoms with Gasteiger partial charge in [-0.1, -0.05) is 194 Å². The van der Waals surface area contributed by atoms with E-state index in [1.807, 2.05) is 0 Å². The molecule has 1 aliphatic rings. The van der Waals surface area contributed by atoms with Gasteiger partial charge in [-0.2, -0.15) is 0 Å². The molecule has 1 atom stereocenters. The Labute approximate surface area is 407 Å². The van der Waals surface area contributed by atoms with E-state index in [1.54, 1.807) is 0 Å². The molecule has 1 unspecified atom stereocenters. The van der Waals surface area contributed by atoms with E-state index in [1.165, 1.54) is 76.4 Å². The summed E-state index contributed by atoms with van der Waals surface area (Å²) in [6.45, 7) is 0. The van der Waals surface area contributed by atoms with Crippen LogP contribution in [0.1, 0.15) is 16.7 Å². The van der Waals surface area contributed by atoms with Crippen LogP contribution >= 0.6 is 0 Å². The highest BCUT2D eigenvalue weighted by atomic mass is 15.2. The molecule has 0 fully saturated rings. The lowest BCUT2D eigenvalue weighted by Gasteiger charge is -2.45. The molecule has 0 spiro atoms. The van der Waals surface area contributed by atoms with Gasteiger partial charge in [0, 0.05) is 44.9 Å². The molecule has 3 heteroatoms. The van der Waals surface area contributed by atoms with Gasteiger partial charge < -0.3 is 14.4 Å². The molecule has 3 nitrogen and oxygen atoms in total. The number of anilines is 5. The third-order valence-corrected chi connectivity index (χ3v) is 14.7. The van der Waals surface area contributed by atoms with Crippen molar-refractivity contribution in [3.05, 3.63) is 290 Å². The molecular weight excluding hydrogens is 847 g/mol. The molecule has 0 aliphatic heterocycles.